The molecule has 24 heavy (non-hydrogen) atoms. The molecule has 1 amide bonds. The van der Waals surface area contributed by atoms with E-state index < -0.39 is 0 Å². The molecule has 0 spiro atoms. The van der Waals surface area contributed by atoms with Crippen LogP contribution in [0.4, 0.5) is 5.69 Å². The molecule has 0 aliphatic rings. The second-order valence-corrected chi connectivity index (χ2v) is 5.77. The van der Waals surface area contributed by atoms with Crippen molar-refractivity contribution in [3.8, 4) is 5.69 Å². The van der Waals surface area contributed by atoms with Crippen molar-refractivity contribution in [3.05, 3.63) is 70.8 Å². The maximum absolute atomic E-state index is 12.5. The highest BCUT2D eigenvalue weighted by atomic mass is 35.5. The molecule has 0 aliphatic heterocycles. The second kappa shape index (κ2) is 6.84. The number of nitrogens with one attached hydrogen (secondary N) is 1. The number of aryl methyl sites for hydroxylation is 2. The van der Waals surface area contributed by atoms with Gasteiger partial charge in [-0.2, -0.15) is 0 Å². The van der Waals surface area contributed by atoms with Gasteiger partial charge in [0.2, 0.25) is 5.82 Å². The number of aromatic nitrogens is 3. The number of benzene rings is 2. The van der Waals surface area contributed by atoms with Gasteiger partial charge in [-0.3, -0.25) is 4.79 Å². The minimum absolute atomic E-state index is 0.133. The number of carbonyl (C=O) groups is 1. The fourth-order valence-corrected chi connectivity index (χ4v) is 2.57. The van der Waals surface area contributed by atoms with Crippen LogP contribution in [-0.4, -0.2) is 20.7 Å². The standard InChI is InChI=1S/C18H17ClN4O/c1-3-13-6-4-5-7-16(13)21-18(24)17-20-12(2)23(22-17)15-10-8-14(19)9-11-15/h4-11H,3H2,1-2H3,(H,21,24). The smallest absolute Gasteiger partial charge is 0.295 e. The summed E-state index contributed by atoms with van der Waals surface area (Å²) in [4.78, 5) is 16.7. The van der Waals surface area contributed by atoms with Crippen molar-refractivity contribution in [2.24, 2.45) is 0 Å². The maximum Gasteiger partial charge on any atom is 0.295 e. The van der Waals surface area contributed by atoms with Crippen molar-refractivity contribution in [2.75, 3.05) is 5.32 Å². The summed E-state index contributed by atoms with van der Waals surface area (Å²) in [6.07, 6.45) is 0.835. The Balaban J connectivity index is 1.86. The molecule has 0 fully saturated rings. The molecule has 1 N–H and O–H groups in total. The molecule has 0 unspecified atom stereocenters. The van der Waals surface area contributed by atoms with Crippen LogP contribution in [0.2, 0.25) is 5.02 Å². The third-order valence-corrected chi connectivity index (χ3v) is 3.94. The highest BCUT2D eigenvalue weighted by Gasteiger charge is 2.16. The summed E-state index contributed by atoms with van der Waals surface area (Å²) in [6.45, 7) is 3.85. The topological polar surface area (TPSA) is 59.8 Å². The van der Waals surface area contributed by atoms with E-state index in [0.717, 1.165) is 23.4 Å². The lowest BCUT2D eigenvalue weighted by Gasteiger charge is -2.07. The Hall–Kier alpha value is -2.66. The first-order valence-electron chi connectivity index (χ1n) is 7.67. The lowest BCUT2D eigenvalue weighted by Crippen LogP contribution is -2.15. The summed E-state index contributed by atoms with van der Waals surface area (Å²) in [5.74, 6) is 0.436. The minimum atomic E-state index is -0.327. The Labute approximate surface area is 145 Å². The molecule has 0 atom stereocenters. The van der Waals surface area contributed by atoms with E-state index in [4.69, 9.17) is 11.6 Å². The fraction of sp³-hybridized carbons (Fsp3) is 0.167. The molecular formula is C18H17ClN4O. The number of hydrogen-bond donors (Lipinski definition) is 1. The highest BCUT2D eigenvalue weighted by molar-refractivity contribution is 6.30. The number of carbonyl (C=O) groups excluding carboxylic acids is 1. The molecule has 3 aromatic rings. The van der Waals surface area contributed by atoms with Gasteiger partial charge in [-0.25, -0.2) is 9.67 Å². The van der Waals surface area contributed by atoms with Crippen molar-refractivity contribution in [3.63, 3.8) is 0 Å². The van der Waals surface area contributed by atoms with Gasteiger partial charge in [0.25, 0.3) is 5.91 Å². The van der Waals surface area contributed by atoms with Crippen LogP contribution in [0.25, 0.3) is 5.69 Å². The third-order valence-electron chi connectivity index (χ3n) is 3.69. The molecule has 6 heteroatoms. The van der Waals surface area contributed by atoms with Crippen molar-refractivity contribution < 1.29 is 4.79 Å². The molecule has 5 nitrogen and oxygen atoms in total. The van der Waals surface area contributed by atoms with Crippen LogP contribution in [0.1, 0.15) is 28.9 Å². The van der Waals surface area contributed by atoms with Gasteiger partial charge in [0.05, 0.1) is 5.69 Å². The second-order valence-electron chi connectivity index (χ2n) is 5.34. The Kier molecular flexibility index (Phi) is 4.62. The van der Waals surface area contributed by atoms with Crippen LogP contribution in [0, 0.1) is 6.92 Å². The largest absolute Gasteiger partial charge is 0.319 e. The van der Waals surface area contributed by atoms with Gasteiger partial charge in [0, 0.05) is 10.7 Å². The maximum atomic E-state index is 12.5. The Morgan fingerprint density at radius 2 is 1.88 bits per heavy atom. The molecule has 3 rings (SSSR count). The van der Waals surface area contributed by atoms with Crippen LogP contribution in [-0.2, 0) is 6.42 Å². The van der Waals surface area contributed by atoms with E-state index in [9.17, 15) is 4.79 Å². The molecule has 1 heterocycles. The molecule has 122 valence electrons. The van der Waals surface area contributed by atoms with E-state index in [0.29, 0.717) is 10.8 Å². The van der Waals surface area contributed by atoms with Crippen LogP contribution < -0.4 is 5.32 Å². The van der Waals surface area contributed by atoms with Crippen molar-refractivity contribution in [1.82, 2.24) is 14.8 Å². The van der Waals surface area contributed by atoms with Crippen molar-refractivity contribution >= 4 is 23.2 Å². The highest BCUT2D eigenvalue weighted by Crippen LogP contribution is 2.17. The van der Waals surface area contributed by atoms with Gasteiger partial charge in [0.15, 0.2) is 0 Å². The predicted octanol–water partition coefficient (Wildman–Crippen LogP) is 4.04. The van der Waals surface area contributed by atoms with Gasteiger partial charge in [0.1, 0.15) is 5.82 Å². The molecule has 1 aromatic heterocycles. The first kappa shape index (κ1) is 16.2. The first-order valence-corrected chi connectivity index (χ1v) is 8.05. The zero-order chi connectivity index (χ0) is 17.1. The van der Waals surface area contributed by atoms with Gasteiger partial charge in [-0.15, -0.1) is 5.10 Å². The molecule has 0 saturated carbocycles. The van der Waals surface area contributed by atoms with Gasteiger partial charge >= 0.3 is 0 Å². The minimum Gasteiger partial charge on any atom is -0.319 e. The van der Waals surface area contributed by atoms with E-state index in [1.54, 1.807) is 23.7 Å². The van der Waals surface area contributed by atoms with Crippen LogP contribution in [0.5, 0.6) is 0 Å². The van der Waals surface area contributed by atoms with Crippen LogP contribution >= 0.6 is 11.6 Å². The summed E-state index contributed by atoms with van der Waals surface area (Å²) >= 11 is 5.90. The predicted molar refractivity (Wildman–Crippen MR) is 94.9 cm³/mol. The molecular weight excluding hydrogens is 324 g/mol. The molecule has 0 radical (unpaired) electrons. The number of amides is 1. The fourth-order valence-electron chi connectivity index (χ4n) is 2.44. The summed E-state index contributed by atoms with van der Waals surface area (Å²) in [5, 5.41) is 7.84. The zero-order valence-corrected chi connectivity index (χ0v) is 14.2. The Morgan fingerprint density at radius 1 is 1.17 bits per heavy atom. The number of rotatable bonds is 4. The number of para-hydroxylation sites is 1. The number of hydrogen-bond acceptors (Lipinski definition) is 3. The average Bonchev–Trinajstić information content (AvgIpc) is 2.98. The molecule has 0 bridgehead atoms. The van der Waals surface area contributed by atoms with E-state index in [2.05, 4.69) is 15.4 Å². The third kappa shape index (κ3) is 3.31. The van der Waals surface area contributed by atoms with Crippen LogP contribution in [0.3, 0.4) is 0 Å². The van der Waals surface area contributed by atoms with Gasteiger partial charge in [-0.1, -0.05) is 36.7 Å². The quantitative estimate of drug-likeness (QED) is 0.779. The lowest BCUT2D eigenvalue weighted by molar-refractivity contribution is 0.101. The lowest BCUT2D eigenvalue weighted by atomic mass is 10.1. The Morgan fingerprint density at radius 3 is 2.58 bits per heavy atom. The first-order chi connectivity index (χ1) is 11.6. The Bertz CT molecular complexity index is 871. The SMILES string of the molecule is CCc1ccccc1NC(=O)c1nc(C)n(-c2ccc(Cl)cc2)n1. The normalized spacial score (nSPS) is 10.6. The zero-order valence-electron chi connectivity index (χ0n) is 13.5. The van der Waals surface area contributed by atoms with E-state index in [1.165, 1.54) is 0 Å². The van der Waals surface area contributed by atoms with Gasteiger partial charge in [-0.05, 0) is 49.2 Å². The number of nitrogens with zero attached hydrogens (tertiary/aromatic N) is 3. The summed E-state index contributed by atoms with van der Waals surface area (Å²) in [6, 6.07) is 14.9. The van der Waals surface area contributed by atoms with Gasteiger partial charge < -0.3 is 5.32 Å². The molecule has 0 aliphatic carbocycles. The van der Waals surface area contributed by atoms with Crippen molar-refractivity contribution in [2.45, 2.75) is 20.3 Å². The molecule has 2 aromatic carbocycles. The van der Waals surface area contributed by atoms with Crippen LogP contribution in [0.15, 0.2) is 48.5 Å². The summed E-state index contributed by atoms with van der Waals surface area (Å²) in [5.41, 5.74) is 2.66. The summed E-state index contributed by atoms with van der Waals surface area (Å²) in [7, 11) is 0. The molecule has 0 saturated heterocycles. The monoisotopic (exact) mass is 340 g/mol. The number of anilines is 1. The number of halogens is 1. The average molecular weight is 341 g/mol. The summed E-state index contributed by atoms with van der Waals surface area (Å²) < 4.78 is 1.62. The van der Waals surface area contributed by atoms with E-state index in [-0.39, 0.29) is 11.7 Å². The van der Waals surface area contributed by atoms with Crippen molar-refractivity contribution in [1.29, 1.82) is 0 Å². The van der Waals surface area contributed by atoms with E-state index >= 15 is 0 Å². The van der Waals surface area contributed by atoms with E-state index in [1.807, 2.05) is 43.3 Å².